The molecule has 1 saturated carbocycles. The van der Waals surface area contributed by atoms with E-state index in [4.69, 9.17) is 10.5 Å². The lowest BCUT2D eigenvalue weighted by molar-refractivity contribution is 0.112. The van der Waals surface area contributed by atoms with Crippen molar-refractivity contribution in [1.29, 1.82) is 0 Å². The quantitative estimate of drug-likeness (QED) is 0.801. The molecular formula is C13H17NO. The van der Waals surface area contributed by atoms with Crippen molar-refractivity contribution in [2.75, 3.05) is 6.61 Å². The zero-order valence-electron chi connectivity index (χ0n) is 8.91. The molecule has 2 fully saturated rings. The summed E-state index contributed by atoms with van der Waals surface area (Å²) in [6, 6.07) is 8.65. The Morgan fingerprint density at radius 3 is 2.87 bits per heavy atom. The average Bonchev–Trinajstić information content (AvgIpc) is 2.84. The standard InChI is InChI=1S/C13H17NO/c14-13(6-7-13)11-4-1-3-10(9-11)12-5-2-8-15-12/h1,3-4,9,12H,2,5-8,14H2/t12-/m1/s1. The van der Waals surface area contributed by atoms with Gasteiger partial charge in [0.1, 0.15) is 0 Å². The molecule has 1 aliphatic carbocycles. The van der Waals surface area contributed by atoms with Gasteiger partial charge in [0.05, 0.1) is 6.10 Å². The molecule has 2 heteroatoms. The number of nitrogens with two attached hydrogens (primary N) is 1. The zero-order valence-corrected chi connectivity index (χ0v) is 8.91. The van der Waals surface area contributed by atoms with Gasteiger partial charge in [0.15, 0.2) is 0 Å². The highest BCUT2D eigenvalue weighted by molar-refractivity contribution is 5.34. The third-order valence-corrected chi connectivity index (χ3v) is 3.55. The Morgan fingerprint density at radius 1 is 1.33 bits per heavy atom. The van der Waals surface area contributed by atoms with Crippen LogP contribution >= 0.6 is 0 Å². The lowest BCUT2D eigenvalue weighted by Gasteiger charge is -2.14. The van der Waals surface area contributed by atoms with Crippen LogP contribution in [-0.2, 0) is 10.3 Å². The van der Waals surface area contributed by atoms with E-state index in [-0.39, 0.29) is 5.54 Å². The Hall–Kier alpha value is -0.860. The van der Waals surface area contributed by atoms with Crippen molar-refractivity contribution < 1.29 is 4.74 Å². The van der Waals surface area contributed by atoms with Gasteiger partial charge >= 0.3 is 0 Å². The van der Waals surface area contributed by atoms with Gasteiger partial charge in [-0.25, -0.2) is 0 Å². The first-order chi connectivity index (χ1) is 7.28. The molecule has 1 saturated heterocycles. The molecule has 1 aromatic rings. The minimum absolute atomic E-state index is 0.0192. The van der Waals surface area contributed by atoms with Crippen molar-refractivity contribution in [3.8, 4) is 0 Å². The van der Waals surface area contributed by atoms with Gasteiger partial charge in [-0.1, -0.05) is 24.3 Å². The van der Waals surface area contributed by atoms with Crippen LogP contribution in [0.5, 0.6) is 0 Å². The molecule has 2 N–H and O–H groups in total. The fourth-order valence-corrected chi connectivity index (χ4v) is 2.31. The van der Waals surface area contributed by atoms with Crippen LogP contribution in [0.4, 0.5) is 0 Å². The first-order valence-corrected chi connectivity index (χ1v) is 5.79. The van der Waals surface area contributed by atoms with Crippen LogP contribution < -0.4 is 5.73 Å². The summed E-state index contributed by atoms with van der Waals surface area (Å²) in [5.41, 5.74) is 8.77. The molecule has 15 heavy (non-hydrogen) atoms. The number of benzene rings is 1. The van der Waals surface area contributed by atoms with Crippen molar-refractivity contribution in [2.24, 2.45) is 5.73 Å². The van der Waals surface area contributed by atoms with Crippen molar-refractivity contribution in [1.82, 2.24) is 0 Å². The Labute approximate surface area is 90.4 Å². The summed E-state index contributed by atoms with van der Waals surface area (Å²) in [4.78, 5) is 0. The number of hydrogen-bond donors (Lipinski definition) is 1. The molecule has 1 atom stereocenters. The number of ether oxygens (including phenoxy) is 1. The monoisotopic (exact) mass is 203 g/mol. The average molecular weight is 203 g/mol. The molecule has 1 aliphatic heterocycles. The van der Waals surface area contributed by atoms with Crippen LogP contribution in [0.1, 0.15) is 42.9 Å². The predicted octanol–water partition coefficient (Wildman–Crippen LogP) is 2.49. The molecule has 2 nitrogen and oxygen atoms in total. The minimum atomic E-state index is -0.0192. The zero-order chi connectivity index (χ0) is 10.3. The molecule has 0 radical (unpaired) electrons. The van der Waals surface area contributed by atoms with Gasteiger partial charge in [0.2, 0.25) is 0 Å². The van der Waals surface area contributed by atoms with E-state index >= 15 is 0 Å². The first-order valence-electron chi connectivity index (χ1n) is 5.79. The van der Waals surface area contributed by atoms with Crippen molar-refractivity contribution in [3.05, 3.63) is 35.4 Å². The minimum Gasteiger partial charge on any atom is -0.374 e. The molecule has 1 heterocycles. The van der Waals surface area contributed by atoms with E-state index < -0.39 is 0 Å². The normalized spacial score (nSPS) is 27.9. The van der Waals surface area contributed by atoms with E-state index in [2.05, 4.69) is 24.3 Å². The van der Waals surface area contributed by atoms with Crippen LogP contribution in [-0.4, -0.2) is 6.61 Å². The maximum Gasteiger partial charge on any atom is 0.0825 e. The van der Waals surface area contributed by atoms with Crippen LogP contribution in [0, 0.1) is 0 Å². The number of hydrogen-bond acceptors (Lipinski definition) is 2. The van der Waals surface area contributed by atoms with Crippen molar-refractivity contribution in [2.45, 2.75) is 37.3 Å². The molecule has 1 aromatic carbocycles. The summed E-state index contributed by atoms with van der Waals surface area (Å²) < 4.78 is 5.69. The van der Waals surface area contributed by atoms with Crippen molar-refractivity contribution in [3.63, 3.8) is 0 Å². The van der Waals surface area contributed by atoms with E-state index in [1.54, 1.807) is 0 Å². The highest BCUT2D eigenvalue weighted by atomic mass is 16.5. The molecule has 80 valence electrons. The summed E-state index contributed by atoms with van der Waals surface area (Å²) in [6.45, 7) is 0.905. The second-order valence-corrected chi connectivity index (χ2v) is 4.78. The SMILES string of the molecule is NC1(c2cccc([C@H]3CCCO3)c2)CC1. The summed E-state index contributed by atoms with van der Waals surface area (Å²) in [7, 11) is 0. The smallest absolute Gasteiger partial charge is 0.0825 e. The lowest BCUT2D eigenvalue weighted by Crippen LogP contribution is -2.18. The second-order valence-electron chi connectivity index (χ2n) is 4.78. The molecular weight excluding hydrogens is 186 g/mol. The molecule has 0 aromatic heterocycles. The maximum absolute atomic E-state index is 6.19. The predicted molar refractivity (Wildman–Crippen MR) is 59.5 cm³/mol. The van der Waals surface area contributed by atoms with Gasteiger partial charge in [-0.3, -0.25) is 0 Å². The Kier molecular flexibility index (Phi) is 2.08. The highest BCUT2D eigenvalue weighted by Crippen LogP contribution is 2.43. The first kappa shape index (κ1) is 9.37. The lowest BCUT2D eigenvalue weighted by atomic mass is 9.99. The third-order valence-electron chi connectivity index (χ3n) is 3.55. The van der Waals surface area contributed by atoms with E-state index in [1.807, 2.05) is 0 Å². The molecule has 3 rings (SSSR count). The molecule has 0 amide bonds. The molecule has 2 aliphatic rings. The highest BCUT2D eigenvalue weighted by Gasteiger charge is 2.40. The molecule has 0 unspecified atom stereocenters. The summed E-state index contributed by atoms with van der Waals surface area (Å²) >= 11 is 0. The van der Waals surface area contributed by atoms with Gasteiger partial charge in [-0.15, -0.1) is 0 Å². The van der Waals surface area contributed by atoms with Crippen LogP contribution in [0.15, 0.2) is 24.3 Å². The molecule has 0 bridgehead atoms. The van der Waals surface area contributed by atoms with E-state index in [0.29, 0.717) is 6.10 Å². The number of rotatable bonds is 2. The fourth-order valence-electron chi connectivity index (χ4n) is 2.31. The summed E-state index contributed by atoms with van der Waals surface area (Å²) in [5, 5.41) is 0. The van der Waals surface area contributed by atoms with Crippen LogP contribution in [0.3, 0.4) is 0 Å². The van der Waals surface area contributed by atoms with Crippen molar-refractivity contribution >= 4 is 0 Å². The van der Waals surface area contributed by atoms with Gasteiger partial charge < -0.3 is 10.5 Å². The Bertz CT molecular complexity index is 365. The third kappa shape index (κ3) is 1.68. The fraction of sp³-hybridized carbons (Fsp3) is 0.538. The molecule has 0 spiro atoms. The summed E-state index contributed by atoms with van der Waals surface area (Å²) in [6.07, 6.45) is 4.90. The Balaban J connectivity index is 1.89. The van der Waals surface area contributed by atoms with E-state index in [0.717, 1.165) is 25.9 Å². The van der Waals surface area contributed by atoms with Gasteiger partial charge in [-0.2, -0.15) is 0 Å². The van der Waals surface area contributed by atoms with Crippen LogP contribution in [0.25, 0.3) is 0 Å². The van der Waals surface area contributed by atoms with Gasteiger partial charge in [0, 0.05) is 12.1 Å². The van der Waals surface area contributed by atoms with Gasteiger partial charge in [0.25, 0.3) is 0 Å². The van der Waals surface area contributed by atoms with E-state index in [1.165, 1.54) is 17.5 Å². The van der Waals surface area contributed by atoms with E-state index in [9.17, 15) is 0 Å². The largest absolute Gasteiger partial charge is 0.374 e. The second kappa shape index (κ2) is 3.32. The topological polar surface area (TPSA) is 35.2 Å². The maximum atomic E-state index is 6.19. The Morgan fingerprint density at radius 2 is 2.20 bits per heavy atom. The van der Waals surface area contributed by atoms with Gasteiger partial charge in [-0.05, 0) is 36.8 Å². The summed E-state index contributed by atoms with van der Waals surface area (Å²) in [5.74, 6) is 0. The van der Waals surface area contributed by atoms with Crippen LogP contribution in [0.2, 0.25) is 0 Å².